The second-order valence-electron chi connectivity index (χ2n) is 7.57. The van der Waals surface area contributed by atoms with E-state index in [0.29, 0.717) is 0 Å². The number of H-pyrrole nitrogens is 1. The first-order valence-electron chi connectivity index (χ1n) is 8.73. The molecule has 0 aromatic carbocycles. The molecule has 0 saturated carbocycles. The van der Waals surface area contributed by atoms with Crippen LogP contribution in [0, 0.1) is 6.92 Å². The first kappa shape index (κ1) is 18.8. The molecule has 142 valence electrons. The molecule has 1 fully saturated rings. The zero-order valence-corrected chi connectivity index (χ0v) is 16.5. The normalized spacial score (nSPS) is 16.8. The Morgan fingerprint density at radius 2 is 1.85 bits per heavy atom. The summed E-state index contributed by atoms with van der Waals surface area (Å²) in [5.74, 6) is 1.64. The predicted molar refractivity (Wildman–Crippen MR) is 99.8 cm³/mol. The van der Waals surface area contributed by atoms with Gasteiger partial charge in [-0.15, -0.1) is 0 Å². The van der Waals surface area contributed by atoms with Crippen LogP contribution in [-0.2, 0) is 16.4 Å². The second kappa shape index (κ2) is 6.96. The number of nitrogens with one attached hydrogen (secondary N) is 1. The van der Waals surface area contributed by atoms with Crippen LogP contribution in [0.1, 0.15) is 32.4 Å². The molecule has 9 heteroatoms. The van der Waals surface area contributed by atoms with Gasteiger partial charge in [0.25, 0.3) is 0 Å². The van der Waals surface area contributed by atoms with Gasteiger partial charge in [0.05, 0.1) is 23.2 Å². The molecule has 0 spiro atoms. The second-order valence-corrected chi connectivity index (χ2v) is 10.2. The Hall–Kier alpha value is -2.00. The number of anilines is 1. The molecule has 3 heterocycles. The Morgan fingerprint density at radius 1 is 1.15 bits per heavy atom. The van der Waals surface area contributed by atoms with Crippen molar-refractivity contribution in [2.45, 2.75) is 44.0 Å². The SMILES string of the molecule is Cc1nc(CN2CCN(c3ccc(S(=O)(=O)C(C)(C)C)nc3)CC2)n[nH]1. The maximum Gasteiger partial charge on any atom is 0.200 e. The molecule has 0 aliphatic carbocycles. The van der Waals surface area contributed by atoms with Crippen molar-refractivity contribution in [3.8, 4) is 0 Å². The summed E-state index contributed by atoms with van der Waals surface area (Å²) < 4.78 is 24.1. The van der Waals surface area contributed by atoms with Crippen molar-refractivity contribution in [2.24, 2.45) is 0 Å². The van der Waals surface area contributed by atoms with E-state index in [-0.39, 0.29) is 5.03 Å². The number of hydrogen-bond acceptors (Lipinski definition) is 7. The number of nitrogens with zero attached hydrogens (tertiary/aromatic N) is 5. The topological polar surface area (TPSA) is 95.1 Å². The molecule has 2 aromatic heterocycles. The van der Waals surface area contributed by atoms with Gasteiger partial charge in [0.1, 0.15) is 5.82 Å². The van der Waals surface area contributed by atoms with Crippen LogP contribution in [0.3, 0.4) is 0 Å². The lowest BCUT2D eigenvalue weighted by Gasteiger charge is -2.35. The third kappa shape index (κ3) is 3.88. The van der Waals surface area contributed by atoms with E-state index in [1.165, 1.54) is 0 Å². The summed E-state index contributed by atoms with van der Waals surface area (Å²) in [5.41, 5.74) is 0.950. The first-order chi connectivity index (χ1) is 12.2. The number of sulfone groups is 1. The third-order valence-corrected chi connectivity index (χ3v) is 6.95. The Balaban J connectivity index is 1.61. The number of piperazine rings is 1. The maximum atomic E-state index is 12.5. The summed E-state index contributed by atoms with van der Waals surface area (Å²) in [5, 5.41) is 7.18. The number of pyridine rings is 1. The smallest absolute Gasteiger partial charge is 0.200 e. The van der Waals surface area contributed by atoms with Crippen LogP contribution in [-0.4, -0.2) is 64.4 Å². The number of aryl methyl sites for hydroxylation is 1. The molecule has 8 nitrogen and oxygen atoms in total. The predicted octanol–water partition coefficient (Wildman–Crippen LogP) is 1.40. The molecule has 2 aromatic rings. The number of rotatable bonds is 4. The number of aromatic nitrogens is 4. The van der Waals surface area contributed by atoms with Crippen LogP contribution in [0.5, 0.6) is 0 Å². The van der Waals surface area contributed by atoms with Crippen molar-refractivity contribution in [1.82, 2.24) is 25.1 Å². The van der Waals surface area contributed by atoms with Crippen molar-refractivity contribution in [1.29, 1.82) is 0 Å². The van der Waals surface area contributed by atoms with E-state index in [2.05, 4.69) is 30.0 Å². The highest BCUT2D eigenvalue weighted by molar-refractivity contribution is 7.92. The highest BCUT2D eigenvalue weighted by Crippen LogP contribution is 2.25. The van der Waals surface area contributed by atoms with Gasteiger partial charge in [-0.1, -0.05) is 0 Å². The average molecular weight is 379 g/mol. The molecule has 1 N–H and O–H groups in total. The standard InChI is InChI=1S/C17H26N6O2S/c1-13-19-15(21-20-13)12-22-7-9-23(10-8-22)14-5-6-16(18-11-14)26(24,25)17(2,3)4/h5-6,11H,7-10,12H2,1-4H3,(H,19,20,21). The number of hydrogen-bond donors (Lipinski definition) is 1. The Labute approximate surface area is 154 Å². The van der Waals surface area contributed by atoms with Crippen LogP contribution < -0.4 is 4.90 Å². The fourth-order valence-electron chi connectivity index (χ4n) is 2.86. The molecule has 0 amide bonds. The molecule has 3 rings (SSSR count). The Morgan fingerprint density at radius 3 is 2.35 bits per heavy atom. The van der Waals surface area contributed by atoms with Gasteiger partial charge in [0.2, 0.25) is 0 Å². The van der Waals surface area contributed by atoms with E-state index in [1.807, 2.05) is 13.0 Å². The average Bonchev–Trinajstić information content (AvgIpc) is 2.99. The van der Waals surface area contributed by atoms with Gasteiger partial charge in [-0.25, -0.2) is 18.4 Å². The summed E-state index contributed by atoms with van der Waals surface area (Å²) >= 11 is 0. The summed E-state index contributed by atoms with van der Waals surface area (Å²) in [6.07, 6.45) is 1.66. The summed E-state index contributed by atoms with van der Waals surface area (Å²) in [7, 11) is -3.42. The van der Waals surface area contributed by atoms with E-state index in [1.54, 1.807) is 33.0 Å². The first-order valence-corrected chi connectivity index (χ1v) is 10.2. The van der Waals surface area contributed by atoms with Gasteiger partial charge in [0, 0.05) is 26.2 Å². The molecule has 0 bridgehead atoms. The molecule has 0 radical (unpaired) electrons. The Kier molecular flexibility index (Phi) is 5.03. The lowest BCUT2D eigenvalue weighted by molar-refractivity contribution is 0.244. The van der Waals surface area contributed by atoms with Gasteiger partial charge in [-0.2, -0.15) is 5.10 Å². The molecule has 0 atom stereocenters. The Bertz CT molecular complexity index is 846. The minimum atomic E-state index is -3.42. The van der Waals surface area contributed by atoms with Crippen LogP contribution >= 0.6 is 0 Å². The molecular formula is C17H26N6O2S. The highest BCUT2D eigenvalue weighted by atomic mass is 32.2. The van der Waals surface area contributed by atoms with Gasteiger partial charge >= 0.3 is 0 Å². The summed E-state index contributed by atoms with van der Waals surface area (Å²) in [4.78, 5) is 13.1. The minimum Gasteiger partial charge on any atom is -0.368 e. The van der Waals surface area contributed by atoms with E-state index in [4.69, 9.17) is 0 Å². The zero-order valence-electron chi connectivity index (χ0n) is 15.7. The van der Waals surface area contributed by atoms with Crippen molar-refractivity contribution >= 4 is 15.5 Å². The molecule has 1 aliphatic heterocycles. The number of aromatic amines is 1. The largest absolute Gasteiger partial charge is 0.368 e. The van der Waals surface area contributed by atoms with Gasteiger partial charge < -0.3 is 4.90 Å². The van der Waals surface area contributed by atoms with E-state index in [9.17, 15) is 8.42 Å². The molecule has 0 unspecified atom stereocenters. The van der Waals surface area contributed by atoms with Crippen molar-refractivity contribution < 1.29 is 8.42 Å². The van der Waals surface area contributed by atoms with E-state index < -0.39 is 14.6 Å². The van der Waals surface area contributed by atoms with E-state index >= 15 is 0 Å². The van der Waals surface area contributed by atoms with Crippen molar-refractivity contribution in [3.63, 3.8) is 0 Å². The minimum absolute atomic E-state index is 0.132. The van der Waals surface area contributed by atoms with Crippen LogP contribution in [0.4, 0.5) is 5.69 Å². The van der Waals surface area contributed by atoms with Gasteiger partial charge in [0.15, 0.2) is 20.7 Å². The molecule has 1 saturated heterocycles. The van der Waals surface area contributed by atoms with Gasteiger partial charge in [-0.05, 0) is 39.8 Å². The quantitative estimate of drug-likeness (QED) is 0.859. The zero-order chi connectivity index (χ0) is 18.9. The maximum absolute atomic E-state index is 12.5. The summed E-state index contributed by atoms with van der Waals surface area (Å²) in [6.45, 7) is 11.2. The van der Waals surface area contributed by atoms with Crippen LogP contribution in [0.25, 0.3) is 0 Å². The lowest BCUT2D eigenvalue weighted by atomic mass is 10.2. The van der Waals surface area contributed by atoms with Crippen LogP contribution in [0.2, 0.25) is 0 Å². The third-order valence-electron chi connectivity index (χ3n) is 4.55. The lowest BCUT2D eigenvalue weighted by Crippen LogP contribution is -2.46. The van der Waals surface area contributed by atoms with E-state index in [0.717, 1.165) is 50.1 Å². The molecule has 1 aliphatic rings. The monoisotopic (exact) mass is 378 g/mol. The molecular weight excluding hydrogens is 352 g/mol. The van der Waals surface area contributed by atoms with Crippen molar-refractivity contribution in [3.05, 3.63) is 30.0 Å². The van der Waals surface area contributed by atoms with Crippen LogP contribution in [0.15, 0.2) is 23.4 Å². The highest BCUT2D eigenvalue weighted by Gasteiger charge is 2.32. The fourth-order valence-corrected chi connectivity index (χ4v) is 3.92. The fraction of sp³-hybridized carbons (Fsp3) is 0.588. The molecule has 26 heavy (non-hydrogen) atoms. The summed E-state index contributed by atoms with van der Waals surface area (Å²) in [6, 6.07) is 3.46. The van der Waals surface area contributed by atoms with Crippen molar-refractivity contribution in [2.75, 3.05) is 31.1 Å². The van der Waals surface area contributed by atoms with Gasteiger partial charge in [-0.3, -0.25) is 10.00 Å².